The normalized spacial score (nSPS) is 14.4. The summed E-state index contributed by atoms with van der Waals surface area (Å²) in [6, 6.07) is 1.85. The van der Waals surface area contributed by atoms with Crippen LogP contribution in [0.1, 0.15) is 12.5 Å². The average molecular weight is 318 g/mol. The highest BCUT2D eigenvalue weighted by Crippen LogP contribution is 2.27. The number of aliphatic hydroxyl groups is 1. The van der Waals surface area contributed by atoms with Crippen LogP contribution in [-0.2, 0) is 14.8 Å². The van der Waals surface area contributed by atoms with Crippen molar-refractivity contribution in [2.45, 2.75) is 30.9 Å². The molecule has 116 valence electrons. The lowest BCUT2D eigenvalue weighted by Crippen LogP contribution is -2.47. The van der Waals surface area contributed by atoms with Gasteiger partial charge in [-0.05, 0) is 19.4 Å². The fourth-order valence-corrected chi connectivity index (χ4v) is 3.37. The molecule has 1 aromatic rings. The first-order valence-corrected chi connectivity index (χ1v) is 7.23. The molecule has 3 N–H and O–H groups in total. The molecule has 0 bridgehead atoms. The number of nitro groups is 1. The Bertz CT molecular complexity index is 669. The first-order valence-electron chi connectivity index (χ1n) is 5.75. The average Bonchev–Trinajstić information content (AvgIpc) is 2.34. The van der Waals surface area contributed by atoms with E-state index >= 15 is 0 Å². The number of aliphatic carboxylic acids is 1. The molecular formula is C11H14N2O7S. The van der Waals surface area contributed by atoms with Crippen LogP contribution in [0.15, 0.2) is 23.1 Å². The van der Waals surface area contributed by atoms with Gasteiger partial charge in [0.05, 0.1) is 11.0 Å². The van der Waals surface area contributed by atoms with Crippen molar-refractivity contribution in [1.29, 1.82) is 0 Å². The summed E-state index contributed by atoms with van der Waals surface area (Å²) in [7, 11) is -4.49. The Morgan fingerprint density at radius 3 is 2.43 bits per heavy atom. The van der Waals surface area contributed by atoms with E-state index in [0.29, 0.717) is 0 Å². The van der Waals surface area contributed by atoms with Gasteiger partial charge in [-0.2, -0.15) is 4.72 Å². The number of sulfonamides is 1. The van der Waals surface area contributed by atoms with Crippen LogP contribution < -0.4 is 4.72 Å². The molecule has 0 aliphatic rings. The number of hydrogen-bond acceptors (Lipinski definition) is 6. The van der Waals surface area contributed by atoms with Gasteiger partial charge in [-0.15, -0.1) is 0 Å². The second-order valence-electron chi connectivity index (χ2n) is 4.36. The minimum atomic E-state index is -4.49. The van der Waals surface area contributed by atoms with Gasteiger partial charge in [0.1, 0.15) is 6.04 Å². The minimum Gasteiger partial charge on any atom is -0.480 e. The Hall–Kier alpha value is -2.04. The highest BCUT2D eigenvalue weighted by atomic mass is 32.2. The molecule has 0 aromatic heterocycles. The van der Waals surface area contributed by atoms with E-state index in [0.717, 1.165) is 13.0 Å². The SMILES string of the molecule is Cc1cccc([N+](=O)[O-])c1S(=O)(=O)NC(C(=O)O)C(C)O. The van der Waals surface area contributed by atoms with Crippen LogP contribution in [0.4, 0.5) is 5.69 Å². The van der Waals surface area contributed by atoms with Crippen molar-refractivity contribution in [3.63, 3.8) is 0 Å². The van der Waals surface area contributed by atoms with Gasteiger partial charge in [0.2, 0.25) is 10.0 Å². The van der Waals surface area contributed by atoms with E-state index < -0.39 is 43.6 Å². The molecule has 9 nitrogen and oxygen atoms in total. The second kappa shape index (κ2) is 6.16. The van der Waals surface area contributed by atoms with Crippen LogP contribution >= 0.6 is 0 Å². The number of aryl methyl sites for hydroxylation is 1. The molecule has 0 heterocycles. The van der Waals surface area contributed by atoms with Crippen molar-refractivity contribution in [3.8, 4) is 0 Å². The van der Waals surface area contributed by atoms with Gasteiger partial charge in [0.25, 0.3) is 5.69 Å². The molecule has 2 atom stereocenters. The zero-order valence-electron chi connectivity index (χ0n) is 11.2. The lowest BCUT2D eigenvalue weighted by Gasteiger charge is -2.17. The molecule has 0 saturated carbocycles. The molecule has 0 aliphatic heterocycles. The zero-order chi connectivity index (χ0) is 16.4. The summed E-state index contributed by atoms with van der Waals surface area (Å²) in [5.41, 5.74) is -0.580. The lowest BCUT2D eigenvalue weighted by atomic mass is 10.2. The summed E-state index contributed by atoms with van der Waals surface area (Å²) in [5.74, 6) is -1.59. The van der Waals surface area contributed by atoms with Crippen LogP contribution in [0.25, 0.3) is 0 Å². The van der Waals surface area contributed by atoms with Crippen molar-refractivity contribution in [2.24, 2.45) is 0 Å². The third kappa shape index (κ3) is 3.74. The number of hydrogen-bond donors (Lipinski definition) is 3. The van der Waals surface area contributed by atoms with Crippen molar-refractivity contribution in [2.75, 3.05) is 0 Å². The molecule has 0 saturated heterocycles. The van der Waals surface area contributed by atoms with Crippen LogP contribution in [-0.4, -0.2) is 41.7 Å². The van der Waals surface area contributed by atoms with E-state index in [1.807, 2.05) is 0 Å². The number of carbonyl (C=O) groups is 1. The topological polar surface area (TPSA) is 147 Å². The molecule has 1 rings (SSSR count). The van der Waals surface area contributed by atoms with Gasteiger partial charge >= 0.3 is 5.97 Å². The highest BCUT2D eigenvalue weighted by molar-refractivity contribution is 7.89. The molecule has 1 aromatic carbocycles. The number of aliphatic hydroxyl groups excluding tert-OH is 1. The minimum absolute atomic E-state index is 0.0893. The number of nitro benzene ring substituents is 1. The van der Waals surface area contributed by atoms with Gasteiger partial charge in [0.15, 0.2) is 4.90 Å². The Kier molecular flexibility index (Phi) is 4.99. The van der Waals surface area contributed by atoms with Crippen LogP contribution in [0.3, 0.4) is 0 Å². The Morgan fingerprint density at radius 2 is 2.00 bits per heavy atom. The summed E-state index contributed by atoms with van der Waals surface area (Å²) >= 11 is 0. The highest BCUT2D eigenvalue weighted by Gasteiger charge is 2.34. The summed E-state index contributed by atoms with van der Waals surface area (Å²) in [6.07, 6.45) is -1.51. The van der Waals surface area contributed by atoms with Crippen molar-refractivity contribution >= 4 is 21.7 Å². The maximum Gasteiger partial charge on any atom is 0.324 e. The van der Waals surface area contributed by atoms with E-state index in [4.69, 9.17) is 5.11 Å². The summed E-state index contributed by atoms with van der Waals surface area (Å²) < 4.78 is 26.2. The molecule has 0 fully saturated rings. The number of nitrogens with zero attached hydrogens (tertiary/aromatic N) is 1. The van der Waals surface area contributed by atoms with Gasteiger partial charge in [-0.1, -0.05) is 12.1 Å². The van der Waals surface area contributed by atoms with E-state index in [9.17, 15) is 28.4 Å². The molecule has 2 unspecified atom stereocenters. The van der Waals surface area contributed by atoms with Crippen LogP contribution in [0.5, 0.6) is 0 Å². The standard InChI is InChI=1S/C11H14N2O7S/c1-6-4-3-5-8(13(17)18)10(6)21(19,20)12-9(7(2)14)11(15)16/h3-5,7,9,12,14H,1-2H3,(H,15,16). The van der Waals surface area contributed by atoms with Crippen LogP contribution in [0.2, 0.25) is 0 Å². The molecule has 0 aliphatic carbocycles. The monoisotopic (exact) mass is 318 g/mol. The van der Waals surface area contributed by atoms with Gasteiger partial charge < -0.3 is 10.2 Å². The largest absolute Gasteiger partial charge is 0.480 e. The van der Waals surface area contributed by atoms with E-state index in [2.05, 4.69) is 0 Å². The summed E-state index contributed by atoms with van der Waals surface area (Å²) in [5, 5.41) is 29.1. The molecule has 0 radical (unpaired) electrons. The Morgan fingerprint density at radius 1 is 1.43 bits per heavy atom. The number of benzene rings is 1. The number of carboxylic acid groups (broad SMARTS) is 1. The number of rotatable bonds is 6. The van der Waals surface area contributed by atoms with E-state index in [1.165, 1.54) is 19.1 Å². The molecular weight excluding hydrogens is 304 g/mol. The summed E-state index contributed by atoms with van der Waals surface area (Å²) in [4.78, 5) is 20.4. The zero-order valence-corrected chi connectivity index (χ0v) is 12.0. The predicted molar refractivity (Wildman–Crippen MR) is 71.3 cm³/mol. The first-order chi connectivity index (χ1) is 9.58. The smallest absolute Gasteiger partial charge is 0.324 e. The third-order valence-electron chi connectivity index (χ3n) is 2.69. The second-order valence-corrected chi connectivity index (χ2v) is 6.01. The fraction of sp³-hybridized carbons (Fsp3) is 0.364. The fourth-order valence-electron chi connectivity index (χ4n) is 1.71. The quantitative estimate of drug-likeness (QED) is 0.494. The van der Waals surface area contributed by atoms with Crippen molar-refractivity contribution in [3.05, 3.63) is 33.9 Å². The van der Waals surface area contributed by atoms with Gasteiger partial charge in [0, 0.05) is 6.07 Å². The van der Waals surface area contributed by atoms with Gasteiger partial charge in [-0.25, -0.2) is 8.42 Å². The maximum atomic E-state index is 12.2. The molecule has 21 heavy (non-hydrogen) atoms. The third-order valence-corrected chi connectivity index (χ3v) is 4.32. The summed E-state index contributed by atoms with van der Waals surface area (Å²) in [6.45, 7) is 2.44. The Labute approximate surface area is 120 Å². The van der Waals surface area contributed by atoms with Crippen molar-refractivity contribution in [1.82, 2.24) is 4.72 Å². The van der Waals surface area contributed by atoms with Gasteiger partial charge in [-0.3, -0.25) is 14.9 Å². The number of carboxylic acids is 1. The lowest BCUT2D eigenvalue weighted by molar-refractivity contribution is -0.387. The molecule has 0 spiro atoms. The van der Waals surface area contributed by atoms with E-state index in [1.54, 1.807) is 4.72 Å². The first kappa shape index (κ1) is 17.0. The van der Waals surface area contributed by atoms with E-state index in [-0.39, 0.29) is 5.56 Å². The Balaban J connectivity index is 3.38. The maximum absolute atomic E-state index is 12.2. The van der Waals surface area contributed by atoms with Crippen molar-refractivity contribution < 1.29 is 28.3 Å². The predicted octanol–water partition coefficient (Wildman–Crippen LogP) is 0.0155. The number of nitrogens with one attached hydrogen (secondary N) is 1. The van der Waals surface area contributed by atoms with Crippen LogP contribution in [0, 0.1) is 17.0 Å². The molecule has 0 amide bonds. The molecule has 10 heteroatoms.